The van der Waals surface area contributed by atoms with Crippen molar-refractivity contribution in [1.29, 1.82) is 5.26 Å². The van der Waals surface area contributed by atoms with Crippen molar-refractivity contribution >= 4 is 46.4 Å². The van der Waals surface area contributed by atoms with E-state index in [9.17, 15) is 23.1 Å². The van der Waals surface area contributed by atoms with Gasteiger partial charge < -0.3 is 10.4 Å². The summed E-state index contributed by atoms with van der Waals surface area (Å²) in [5, 5.41) is 23.7. The van der Waals surface area contributed by atoms with Crippen molar-refractivity contribution in [2.45, 2.75) is 23.6 Å². The van der Waals surface area contributed by atoms with E-state index in [1.54, 1.807) is 24.3 Å². The summed E-state index contributed by atoms with van der Waals surface area (Å²) in [6.45, 7) is 1.26. The number of amides is 1. The molecule has 0 aromatic heterocycles. The average Bonchev–Trinajstić information content (AvgIpc) is 2.67. The fraction of sp³-hybridized carbons (Fsp3) is 0.211. The number of anilines is 1. The molecule has 0 unspecified atom stereocenters. The van der Waals surface area contributed by atoms with Crippen molar-refractivity contribution < 1.29 is 23.1 Å². The van der Waals surface area contributed by atoms with E-state index in [0.717, 1.165) is 11.0 Å². The molecule has 5 nitrogen and oxygen atoms in total. The van der Waals surface area contributed by atoms with Crippen LogP contribution in [0.1, 0.15) is 18.1 Å². The van der Waals surface area contributed by atoms with E-state index in [2.05, 4.69) is 27.7 Å². The Hall–Kier alpha value is -2.70. The molecule has 1 amide bonds. The molecule has 2 aromatic rings. The molecule has 0 aliphatic carbocycles. The largest absolute Gasteiger partial charge is 0.417 e. The van der Waals surface area contributed by atoms with Gasteiger partial charge in [0.2, 0.25) is 0 Å². The third kappa shape index (κ3) is 6.14. The summed E-state index contributed by atoms with van der Waals surface area (Å²) in [5.74, 6) is -0.915. The second-order valence-electron chi connectivity index (χ2n) is 6.08. The lowest BCUT2D eigenvalue weighted by molar-refractivity contribution is -0.137. The number of hydrogen-bond donors (Lipinski definition) is 2. The van der Waals surface area contributed by atoms with Crippen LogP contribution in [0.5, 0.6) is 0 Å². The van der Waals surface area contributed by atoms with Gasteiger partial charge in [-0.1, -0.05) is 0 Å². The van der Waals surface area contributed by atoms with Gasteiger partial charge in [-0.05, 0) is 61.6 Å². The zero-order valence-corrected chi connectivity index (χ0v) is 16.6. The number of nitrogens with one attached hydrogen (secondary N) is 1. The molecule has 10 heteroatoms. The maximum Gasteiger partial charge on any atom is 0.417 e. The van der Waals surface area contributed by atoms with E-state index in [1.165, 1.54) is 30.8 Å². The predicted octanol–water partition coefficient (Wildman–Crippen LogP) is 4.79. The molecule has 2 N–H and O–H groups in total. The van der Waals surface area contributed by atoms with Crippen LogP contribution in [0.15, 0.2) is 52.4 Å². The molecule has 2 rings (SSSR count). The number of alkyl halides is 3. The normalized spacial score (nSPS) is 13.0. The molecular formula is C19H14F3N3O2S2. The quantitative estimate of drug-likeness (QED) is 0.385. The summed E-state index contributed by atoms with van der Waals surface area (Å²) in [4.78, 5) is 16.9. The number of nitrogens with zero attached hydrogens (tertiary/aromatic N) is 2. The highest BCUT2D eigenvalue weighted by molar-refractivity contribution is 7.99. The number of carbonyl (C=O) groups excluding carboxylic acids is 1. The number of hydrogen-bond acceptors (Lipinski definition) is 6. The minimum atomic E-state index is -4.75. The van der Waals surface area contributed by atoms with Crippen LogP contribution < -0.4 is 5.32 Å². The number of isothiocyanates is 1. The Labute approximate surface area is 174 Å². The van der Waals surface area contributed by atoms with E-state index in [0.29, 0.717) is 11.8 Å². The second kappa shape index (κ2) is 9.20. The van der Waals surface area contributed by atoms with Crippen LogP contribution in [0.3, 0.4) is 0 Å². The molecule has 2 aromatic carbocycles. The van der Waals surface area contributed by atoms with E-state index in [-0.39, 0.29) is 11.4 Å². The Morgan fingerprint density at radius 2 is 1.93 bits per heavy atom. The highest BCUT2D eigenvalue weighted by atomic mass is 32.2. The molecular weight excluding hydrogens is 423 g/mol. The Morgan fingerprint density at radius 1 is 1.28 bits per heavy atom. The first-order valence-corrected chi connectivity index (χ1v) is 9.42. The number of carbonyl (C=O) groups is 1. The van der Waals surface area contributed by atoms with Crippen LogP contribution in [0.2, 0.25) is 0 Å². The Bertz CT molecular complexity index is 993. The van der Waals surface area contributed by atoms with Gasteiger partial charge >= 0.3 is 6.18 Å². The minimum Gasteiger partial charge on any atom is -0.379 e. The van der Waals surface area contributed by atoms with Crippen LogP contribution in [0.25, 0.3) is 0 Å². The first-order chi connectivity index (χ1) is 13.6. The van der Waals surface area contributed by atoms with Gasteiger partial charge in [0.15, 0.2) is 0 Å². The fourth-order valence-electron chi connectivity index (χ4n) is 2.18. The van der Waals surface area contributed by atoms with Crippen molar-refractivity contribution in [2.24, 2.45) is 4.99 Å². The average molecular weight is 437 g/mol. The number of benzene rings is 2. The minimum absolute atomic E-state index is 0.0446. The molecule has 1 atom stereocenters. The Morgan fingerprint density at radius 3 is 2.48 bits per heavy atom. The van der Waals surface area contributed by atoms with Crippen LogP contribution in [0.4, 0.5) is 24.5 Å². The first-order valence-electron chi connectivity index (χ1n) is 8.03. The third-order valence-corrected chi connectivity index (χ3v) is 5.13. The summed E-state index contributed by atoms with van der Waals surface area (Å²) in [6, 6.07) is 11.1. The van der Waals surface area contributed by atoms with E-state index < -0.39 is 28.8 Å². The lowest BCUT2D eigenvalue weighted by Crippen LogP contribution is -2.42. The summed E-state index contributed by atoms with van der Waals surface area (Å²) in [7, 11) is 0. The summed E-state index contributed by atoms with van der Waals surface area (Å²) in [6.07, 6.45) is -4.75. The topological polar surface area (TPSA) is 85.5 Å². The highest BCUT2D eigenvalue weighted by Crippen LogP contribution is 2.34. The standard InChI is InChI=1S/C19H14F3N3O2S2/c1-18(27,10-29-15-6-4-13(5-7-15)24-11-28)17(26)25-14-3-2-12(9-23)16(8-14)19(20,21)22/h2-8,27H,10H2,1H3,(H,25,26)/t18-/m1/s1. The second-order valence-corrected chi connectivity index (χ2v) is 7.31. The van der Waals surface area contributed by atoms with Gasteiger partial charge in [0.1, 0.15) is 5.60 Å². The number of aliphatic imine (C=N–C) groups is 1. The molecule has 0 saturated carbocycles. The molecule has 0 heterocycles. The molecule has 0 bridgehead atoms. The van der Waals surface area contributed by atoms with Crippen molar-refractivity contribution in [1.82, 2.24) is 0 Å². The zero-order chi connectivity index (χ0) is 21.7. The fourth-order valence-corrected chi connectivity index (χ4v) is 3.19. The number of rotatable bonds is 6. The number of aliphatic hydroxyl groups is 1. The zero-order valence-electron chi connectivity index (χ0n) is 14.9. The van der Waals surface area contributed by atoms with E-state index >= 15 is 0 Å². The van der Waals surface area contributed by atoms with E-state index in [1.807, 2.05) is 0 Å². The predicted molar refractivity (Wildman–Crippen MR) is 107 cm³/mol. The van der Waals surface area contributed by atoms with Gasteiger partial charge in [-0.25, -0.2) is 0 Å². The SMILES string of the molecule is C[C@@](O)(CSc1ccc(N=C=S)cc1)C(=O)Nc1ccc(C#N)c(C(F)(F)F)c1. The maximum absolute atomic E-state index is 13.0. The lowest BCUT2D eigenvalue weighted by atomic mass is 10.1. The molecule has 29 heavy (non-hydrogen) atoms. The van der Waals surface area contributed by atoms with Gasteiger partial charge in [0.25, 0.3) is 5.91 Å². The lowest BCUT2D eigenvalue weighted by Gasteiger charge is -2.22. The molecule has 0 aliphatic heterocycles. The van der Waals surface area contributed by atoms with E-state index in [4.69, 9.17) is 5.26 Å². The molecule has 0 spiro atoms. The number of thiocarbonyl (C=S) groups is 1. The van der Waals surface area contributed by atoms with Crippen molar-refractivity contribution in [2.75, 3.05) is 11.1 Å². The summed E-state index contributed by atoms with van der Waals surface area (Å²) >= 11 is 5.70. The van der Waals surface area contributed by atoms with Crippen molar-refractivity contribution in [3.8, 4) is 6.07 Å². The summed E-state index contributed by atoms with van der Waals surface area (Å²) < 4.78 is 39.1. The van der Waals surface area contributed by atoms with Crippen molar-refractivity contribution in [3.05, 3.63) is 53.6 Å². The third-order valence-electron chi connectivity index (χ3n) is 3.72. The Kier molecular flexibility index (Phi) is 7.16. The van der Waals surface area contributed by atoms with Crippen LogP contribution in [-0.2, 0) is 11.0 Å². The smallest absolute Gasteiger partial charge is 0.379 e. The van der Waals surface area contributed by atoms with Crippen LogP contribution in [0, 0.1) is 11.3 Å². The molecule has 150 valence electrons. The van der Waals surface area contributed by atoms with Gasteiger partial charge in [-0.3, -0.25) is 4.79 Å². The molecule has 0 radical (unpaired) electrons. The van der Waals surface area contributed by atoms with Gasteiger partial charge in [0, 0.05) is 16.3 Å². The number of thioether (sulfide) groups is 1. The van der Waals surface area contributed by atoms with Gasteiger partial charge in [0.05, 0.1) is 28.0 Å². The number of nitriles is 1. The molecule has 0 saturated heterocycles. The van der Waals surface area contributed by atoms with Crippen molar-refractivity contribution in [3.63, 3.8) is 0 Å². The monoisotopic (exact) mass is 437 g/mol. The maximum atomic E-state index is 13.0. The van der Waals surface area contributed by atoms with Gasteiger partial charge in [-0.15, -0.1) is 11.8 Å². The number of halogens is 3. The van der Waals surface area contributed by atoms with Gasteiger partial charge in [-0.2, -0.15) is 23.4 Å². The van der Waals surface area contributed by atoms with Crippen LogP contribution >= 0.6 is 24.0 Å². The van der Waals surface area contributed by atoms with Crippen LogP contribution in [-0.4, -0.2) is 27.5 Å². The Balaban J connectivity index is 2.09. The highest BCUT2D eigenvalue weighted by Gasteiger charge is 2.35. The summed E-state index contributed by atoms with van der Waals surface area (Å²) in [5.41, 5.74) is -3.14. The first kappa shape index (κ1) is 22.6. The molecule has 0 fully saturated rings. The molecule has 0 aliphatic rings.